The van der Waals surface area contributed by atoms with Gasteiger partial charge in [-0.1, -0.05) is 29.3 Å². The Labute approximate surface area is 136 Å². The van der Waals surface area contributed by atoms with Gasteiger partial charge in [-0.25, -0.2) is 0 Å². The second-order valence-electron chi connectivity index (χ2n) is 4.53. The summed E-state index contributed by atoms with van der Waals surface area (Å²) in [6, 6.07) is 8.63. The van der Waals surface area contributed by atoms with E-state index in [2.05, 4.69) is 5.32 Å². The Morgan fingerprint density at radius 3 is 2.57 bits per heavy atom. The molecule has 0 aliphatic heterocycles. The highest BCUT2D eigenvalue weighted by molar-refractivity contribution is 7.18. The molecule has 1 aromatic heterocycles. The van der Waals surface area contributed by atoms with Crippen molar-refractivity contribution in [1.82, 2.24) is 0 Å². The van der Waals surface area contributed by atoms with E-state index in [1.165, 1.54) is 11.3 Å². The first-order valence-electron chi connectivity index (χ1n) is 6.30. The van der Waals surface area contributed by atoms with Crippen LogP contribution in [0, 0.1) is 6.92 Å². The summed E-state index contributed by atoms with van der Waals surface area (Å²) >= 11 is 12.9. The summed E-state index contributed by atoms with van der Waals surface area (Å²) < 4.78 is 0.567. The Hall–Kier alpha value is -1.36. The molecule has 110 valence electrons. The van der Waals surface area contributed by atoms with Gasteiger partial charge in [-0.3, -0.25) is 9.59 Å². The number of benzene rings is 1. The number of carbonyl (C=O) groups is 2. The van der Waals surface area contributed by atoms with Gasteiger partial charge < -0.3 is 5.32 Å². The van der Waals surface area contributed by atoms with Crippen LogP contribution in [0.4, 0.5) is 5.69 Å². The Morgan fingerprint density at radius 2 is 1.90 bits per heavy atom. The van der Waals surface area contributed by atoms with Crippen LogP contribution >= 0.6 is 34.5 Å². The van der Waals surface area contributed by atoms with Crippen LogP contribution in [0.25, 0.3) is 0 Å². The zero-order valence-electron chi connectivity index (χ0n) is 11.3. The van der Waals surface area contributed by atoms with E-state index in [4.69, 9.17) is 23.2 Å². The van der Waals surface area contributed by atoms with E-state index in [1.807, 2.05) is 13.0 Å². The lowest BCUT2D eigenvalue weighted by Gasteiger charge is -2.08. The monoisotopic (exact) mass is 341 g/mol. The number of aryl methyl sites for hydroxylation is 1. The third kappa shape index (κ3) is 4.56. The Balaban J connectivity index is 1.90. The summed E-state index contributed by atoms with van der Waals surface area (Å²) in [5.74, 6) is -0.291. The van der Waals surface area contributed by atoms with Crippen LogP contribution in [0.1, 0.15) is 28.1 Å². The Bertz CT molecular complexity index is 682. The molecule has 6 heteroatoms. The van der Waals surface area contributed by atoms with Gasteiger partial charge in [0, 0.05) is 23.6 Å². The number of ketones is 1. The topological polar surface area (TPSA) is 46.2 Å². The van der Waals surface area contributed by atoms with Gasteiger partial charge in [-0.05, 0) is 36.8 Å². The number of thiophene rings is 1. The van der Waals surface area contributed by atoms with E-state index >= 15 is 0 Å². The summed E-state index contributed by atoms with van der Waals surface area (Å²) in [4.78, 5) is 24.4. The molecule has 1 heterocycles. The second kappa shape index (κ2) is 7.07. The molecule has 0 atom stereocenters. The fourth-order valence-electron chi connectivity index (χ4n) is 1.76. The van der Waals surface area contributed by atoms with Gasteiger partial charge in [0.15, 0.2) is 5.78 Å². The van der Waals surface area contributed by atoms with E-state index in [0.29, 0.717) is 19.9 Å². The molecule has 0 saturated heterocycles. The number of anilines is 1. The summed E-state index contributed by atoms with van der Waals surface area (Å²) in [5.41, 5.74) is 1.59. The van der Waals surface area contributed by atoms with Crippen molar-refractivity contribution in [2.75, 3.05) is 5.32 Å². The third-order valence-electron chi connectivity index (χ3n) is 2.90. The predicted molar refractivity (Wildman–Crippen MR) is 87.7 cm³/mol. The normalized spacial score (nSPS) is 10.4. The first-order chi connectivity index (χ1) is 9.95. The van der Waals surface area contributed by atoms with Crippen LogP contribution in [0.3, 0.4) is 0 Å². The van der Waals surface area contributed by atoms with Gasteiger partial charge >= 0.3 is 0 Å². The highest BCUT2D eigenvalue weighted by Crippen LogP contribution is 2.23. The average molecular weight is 342 g/mol. The van der Waals surface area contributed by atoms with Gasteiger partial charge in [0.2, 0.25) is 5.91 Å². The summed E-state index contributed by atoms with van der Waals surface area (Å²) in [5, 5.41) is 3.32. The first-order valence-corrected chi connectivity index (χ1v) is 7.87. The molecule has 1 amide bonds. The van der Waals surface area contributed by atoms with Gasteiger partial charge in [0.05, 0.1) is 9.21 Å². The van der Waals surface area contributed by atoms with Gasteiger partial charge in [-0.2, -0.15) is 0 Å². The van der Waals surface area contributed by atoms with Crippen molar-refractivity contribution in [2.45, 2.75) is 19.8 Å². The first kappa shape index (κ1) is 16.0. The molecule has 0 saturated carbocycles. The van der Waals surface area contributed by atoms with Crippen molar-refractivity contribution in [2.24, 2.45) is 0 Å². The molecule has 2 aromatic rings. The Kier molecular flexibility index (Phi) is 5.39. The average Bonchev–Trinajstić information content (AvgIpc) is 2.87. The standard InChI is InChI=1S/C15H13Cl2NO2S/c1-9-2-3-10(16)8-11(9)18-15(20)7-4-12(19)13-5-6-14(17)21-13/h2-3,5-6,8H,4,7H2,1H3,(H,18,20). The minimum atomic E-state index is -0.212. The number of hydrogen-bond acceptors (Lipinski definition) is 3. The smallest absolute Gasteiger partial charge is 0.224 e. The maximum Gasteiger partial charge on any atom is 0.224 e. The van der Waals surface area contributed by atoms with Crippen molar-refractivity contribution in [3.05, 3.63) is 50.1 Å². The van der Waals surface area contributed by atoms with Crippen LogP contribution < -0.4 is 5.32 Å². The van der Waals surface area contributed by atoms with Crippen molar-refractivity contribution >= 4 is 51.9 Å². The minimum absolute atomic E-state index is 0.0788. The molecule has 1 N–H and O–H groups in total. The molecule has 0 spiro atoms. The lowest BCUT2D eigenvalue weighted by atomic mass is 10.1. The van der Waals surface area contributed by atoms with E-state index in [9.17, 15) is 9.59 Å². The highest BCUT2D eigenvalue weighted by Gasteiger charge is 2.12. The number of rotatable bonds is 5. The Morgan fingerprint density at radius 1 is 1.14 bits per heavy atom. The number of carbonyl (C=O) groups excluding carboxylic acids is 2. The van der Waals surface area contributed by atoms with Crippen molar-refractivity contribution < 1.29 is 9.59 Å². The highest BCUT2D eigenvalue weighted by atomic mass is 35.5. The number of amides is 1. The summed E-state index contributed by atoms with van der Waals surface area (Å²) in [7, 11) is 0. The van der Waals surface area contributed by atoms with Crippen LogP contribution in [-0.4, -0.2) is 11.7 Å². The molecular weight excluding hydrogens is 329 g/mol. The van der Waals surface area contributed by atoms with Crippen molar-refractivity contribution in [3.8, 4) is 0 Å². The van der Waals surface area contributed by atoms with Crippen LogP contribution in [-0.2, 0) is 4.79 Å². The number of nitrogens with one attached hydrogen (secondary N) is 1. The fraction of sp³-hybridized carbons (Fsp3) is 0.200. The largest absolute Gasteiger partial charge is 0.326 e. The SMILES string of the molecule is Cc1ccc(Cl)cc1NC(=O)CCC(=O)c1ccc(Cl)s1. The number of halogens is 2. The molecule has 3 nitrogen and oxygen atoms in total. The second-order valence-corrected chi connectivity index (χ2v) is 6.69. The molecule has 0 aliphatic carbocycles. The zero-order valence-corrected chi connectivity index (χ0v) is 13.6. The molecule has 1 aromatic carbocycles. The zero-order chi connectivity index (χ0) is 15.4. The molecule has 0 unspecified atom stereocenters. The van der Waals surface area contributed by atoms with Crippen LogP contribution in [0.15, 0.2) is 30.3 Å². The minimum Gasteiger partial charge on any atom is -0.326 e. The van der Waals surface area contributed by atoms with E-state index < -0.39 is 0 Å². The fourth-order valence-corrected chi connectivity index (χ4v) is 2.94. The molecular formula is C15H13Cl2NO2S. The van der Waals surface area contributed by atoms with Crippen molar-refractivity contribution in [1.29, 1.82) is 0 Å². The third-order valence-corrected chi connectivity index (χ3v) is 4.41. The van der Waals surface area contributed by atoms with Crippen molar-refractivity contribution in [3.63, 3.8) is 0 Å². The number of Topliss-reactive ketones (excluding diaryl/α,β-unsaturated/α-hetero) is 1. The van der Waals surface area contributed by atoms with Gasteiger partial charge in [0.1, 0.15) is 0 Å². The lowest BCUT2D eigenvalue weighted by Crippen LogP contribution is -2.14. The predicted octanol–water partition coefficient (Wildman–Crippen LogP) is 4.96. The van der Waals surface area contributed by atoms with Crippen LogP contribution in [0.2, 0.25) is 9.36 Å². The molecule has 21 heavy (non-hydrogen) atoms. The molecule has 0 fully saturated rings. The molecule has 0 radical (unpaired) electrons. The van der Waals surface area contributed by atoms with Gasteiger partial charge in [-0.15, -0.1) is 11.3 Å². The molecule has 2 rings (SSSR count). The van der Waals surface area contributed by atoms with Crippen LogP contribution in [0.5, 0.6) is 0 Å². The summed E-state index contributed by atoms with van der Waals surface area (Å²) in [6.07, 6.45) is 0.280. The quantitative estimate of drug-likeness (QED) is 0.780. The van der Waals surface area contributed by atoms with E-state index in [1.54, 1.807) is 24.3 Å². The number of hydrogen-bond donors (Lipinski definition) is 1. The maximum atomic E-state index is 11.9. The van der Waals surface area contributed by atoms with Gasteiger partial charge in [0.25, 0.3) is 0 Å². The van der Waals surface area contributed by atoms with E-state index in [-0.39, 0.29) is 24.5 Å². The maximum absolute atomic E-state index is 11.9. The van der Waals surface area contributed by atoms with E-state index in [0.717, 1.165) is 5.56 Å². The summed E-state index contributed by atoms with van der Waals surface area (Å²) in [6.45, 7) is 1.88. The lowest BCUT2D eigenvalue weighted by molar-refractivity contribution is -0.116. The molecule has 0 aliphatic rings. The molecule has 0 bridgehead atoms.